The van der Waals surface area contributed by atoms with Gasteiger partial charge in [-0.15, -0.1) is 0 Å². The summed E-state index contributed by atoms with van der Waals surface area (Å²) in [4.78, 5) is 28.7. The van der Waals surface area contributed by atoms with Gasteiger partial charge in [0.2, 0.25) is 6.79 Å². The Bertz CT molecular complexity index is 763. The normalized spacial score (nSPS) is 20.6. The van der Waals surface area contributed by atoms with E-state index in [4.69, 9.17) is 18.9 Å². The summed E-state index contributed by atoms with van der Waals surface area (Å²) in [5, 5.41) is 0. The number of fused-ring (bicyclic) bond motifs is 1. The summed E-state index contributed by atoms with van der Waals surface area (Å²) in [6.45, 7) is 6.54. The molecule has 3 aliphatic heterocycles. The largest absolute Gasteiger partial charge is 0.454 e. The van der Waals surface area contributed by atoms with E-state index in [1.807, 2.05) is 0 Å². The fraction of sp³-hybridized carbons (Fsp3) is 0.600. The van der Waals surface area contributed by atoms with E-state index in [-0.39, 0.29) is 12.6 Å². The maximum absolute atomic E-state index is 12.7. The highest BCUT2D eigenvalue weighted by Crippen LogP contribution is 2.37. The molecule has 1 aromatic rings. The molecule has 0 unspecified atom stereocenters. The van der Waals surface area contributed by atoms with Crippen LogP contribution >= 0.6 is 0 Å². The first kappa shape index (κ1) is 19.0. The molecule has 1 atom stereocenters. The third-order valence-corrected chi connectivity index (χ3v) is 5.87. The molecule has 1 spiro atoms. The van der Waals surface area contributed by atoms with Gasteiger partial charge in [-0.2, -0.15) is 0 Å². The summed E-state index contributed by atoms with van der Waals surface area (Å²) in [6, 6.07) is 4.39. The molecule has 0 bridgehead atoms. The second kappa shape index (κ2) is 7.60. The predicted molar refractivity (Wildman–Crippen MR) is 99.8 cm³/mol. The first-order valence-corrected chi connectivity index (χ1v) is 9.61. The smallest absolute Gasteiger partial charge is 0.410 e. The molecule has 8 nitrogen and oxygen atoms in total. The van der Waals surface area contributed by atoms with E-state index in [2.05, 4.69) is 4.90 Å². The summed E-state index contributed by atoms with van der Waals surface area (Å²) >= 11 is 0. The molecule has 152 valence electrons. The summed E-state index contributed by atoms with van der Waals surface area (Å²) < 4.78 is 21.3. The average Bonchev–Trinajstić information content (AvgIpc) is 3.32. The lowest BCUT2D eigenvalue weighted by Gasteiger charge is -2.37. The highest BCUT2D eigenvalue weighted by molar-refractivity contribution is 6.01. The van der Waals surface area contributed by atoms with Crippen LogP contribution in [0.2, 0.25) is 0 Å². The number of benzene rings is 1. The van der Waals surface area contributed by atoms with Gasteiger partial charge in [-0.25, -0.2) is 4.79 Å². The number of ether oxygens (including phenoxy) is 4. The molecule has 0 N–H and O–H groups in total. The summed E-state index contributed by atoms with van der Waals surface area (Å²) in [6.07, 6.45) is 0.643. The maximum Gasteiger partial charge on any atom is 0.410 e. The van der Waals surface area contributed by atoms with E-state index < -0.39 is 12.1 Å². The van der Waals surface area contributed by atoms with E-state index in [0.29, 0.717) is 35.6 Å². The standard InChI is InChI=1S/C20H26N2O6/c1-14(18(23)15-3-4-16-17(9-15)28-13-27-16)21(2)19(24)26-8-7-22-6-5-20(10-22)11-25-12-20/h3-4,9,14H,5-8,10-13H2,1-2H3/t14-/m1/s1. The lowest BCUT2D eigenvalue weighted by molar-refractivity contribution is -0.105. The van der Waals surface area contributed by atoms with Crippen molar-refractivity contribution in [1.82, 2.24) is 9.80 Å². The Labute approximate surface area is 164 Å². The number of hydrogen-bond donors (Lipinski definition) is 0. The van der Waals surface area contributed by atoms with Crippen LogP contribution in [0.3, 0.4) is 0 Å². The van der Waals surface area contributed by atoms with Crippen LogP contribution in [0.4, 0.5) is 4.79 Å². The van der Waals surface area contributed by atoms with Crippen LogP contribution < -0.4 is 9.47 Å². The van der Waals surface area contributed by atoms with E-state index >= 15 is 0 Å². The minimum atomic E-state index is -0.643. The van der Waals surface area contributed by atoms with Crippen LogP contribution in [-0.2, 0) is 9.47 Å². The van der Waals surface area contributed by atoms with E-state index in [1.165, 1.54) is 4.90 Å². The van der Waals surface area contributed by atoms with Crippen molar-refractivity contribution in [2.24, 2.45) is 5.41 Å². The molecular weight excluding hydrogens is 364 g/mol. The van der Waals surface area contributed by atoms with Crippen molar-refractivity contribution < 1.29 is 28.5 Å². The van der Waals surface area contributed by atoms with Crippen LogP contribution in [0.5, 0.6) is 11.5 Å². The van der Waals surface area contributed by atoms with Gasteiger partial charge in [0, 0.05) is 31.1 Å². The van der Waals surface area contributed by atoms with E-state index in [0.717, 1.165) is 32.7 Å². The van der Waals surface area contributed by atoms with Crippen LogP contribution in [0, 0.1) is 5.41 Å². The molecule has 3 heterocycles. The second-order valence-electron chi connectivity index (χ2n) is 7.85. The van der Waals surface area contributed by atoms with Gasteiger partial charge in [-0.1, -0.05) is 0 Å². The average molecular weight is 390 g/mol. The fourth-order valence-electron chi connectivity index (χ4n) is 3.83. The summed E-state index contributed by atoms with van der Waals surface area (Å²) in [5.41, 5.74) is 0.799. The molecule has 0 radical (unpaired) electrons. The maximum atomic E-state index is 12.7. The van der Waals surface area contributed by atoms with Crippen LogP contribution in [-0.4, -0.2) is 81.0 Å². The monoisotopic (exact) mass is 390 g/mol. The number of carbonyl (C=O) groups is 2. The van der Waals surface area contributed by atoms with Gasteiger partial charge in [0.15, 0.2) is 17.3 Å². The van der Waals surface area contributed by atoms with Gasteiger partial charge in [-0.05, 0) is 38.1 Å². The molecule has 2 saturated heterocycles. The van der Waals surface area contributed by atoms with Gasteiger partial charge in [0.1, 0.15) is 6.61 Å². The van der Waals surface area contributed by atoms with Crippen molar-refractivity contribution in [1.29, 1.82) is 0 Å². The third kappa shape index (κ3) is 3.66. The number of rotatable bonds is 6. The molecule has 8 heteroatoms. The van der Waals surface area contributed by atoms with Crippen LogP contribution in [0.1, 0.15) is 23.7 Å². The quantitative estimate of drug-likeness (QED) is 0.685. The molecule has 28 heavy (non-hydrogen) atoms. The van der Waals surface area contributed by atoms with Crippen LogP contribution in [0.15, 0.2) is 18.2 Å². The number of hydrogen-bond acceptors (Lipinski definition) is 7. The SMILES string of the molecule is C[C@H](C(=O)c1ccc2c(c1)OCO2)N(C)C(=O)OCCN1CCC2(COC2)C1. The number of carbonyl (C=O) groups excluding carboxylic acids is 2. The molecule has 2 fully saturated rings. The Morgan fingerprint density at radius 2 is 2.07 bits per heavy atom. The Balaban J connectivity index is 1.25. The lowest BCUT2D eigenvalue weighted by atomic mass is 9.85. The van der Waals surface area contributed by atoms with Gasteiger partial charge in [-0.3, -0.25) is 9.69 Å². The van der Waals surface area contributed by atoms with Crippen molar-refractivity contribution >= 4 is 11.9 Å². The van der Waals surface area contributed by atoms with Crippen molar-refractivity contribution in [2.75, 3.05) is 53.3 Å². The zero-order valence-corrected chi connectivity index (χ0v) is 16.3. The van der Waals surface area contributed by atoms with Crippen LogP contribution in [0.25, 0.3) is 0 Å². The Morgan fingerprint density at radius 1 is 1.29 bits per heavy atom. The summed E-state index contributed by atoms with van der Waals surface area (Å²) in [5.74, 6) is 0.988. The third-order valence-electron chi connectivity index (χ3n) is 5.87. The number of Topliss-reactive ketones (excluding diaryl/α,β-unsaturated/α-hetero) is 1. The van der Waals surface area contributed by atoms with Crippen molar-refractivity contribution in [3.63, 3.8) is 0 Å². The topological polar surface area (TPSA) is 77.5 Å². The number of amides is 1. The van der Waals surface area contributed by atoms with Gasteiger partial charge in [0.05, 0.1) is 19.3 Å². The zero-order valence-electron chi connectivity index (χ0n) is 16.3. The van der Waals surface area contributed by atoms with E-state index in [1.54, 1.807) is 32.2 Å². The van der Waals surface area contributed by atoms with Gasteiger partial charge >= 0.3 is 6.09 Å². The fourth-order valence-corrected chi connectivity index (χ4v) is 3.83. The first-order chi connectivity index (χ1) is 13.5. The number of ketones is 1. The first-order valence-electron chi connectivity index (χ1n) is 9.61. The lowest BCUT2D eigenvalue weighted by Crippen LogP contribution is -2.45. The minimum Gasteiger partial charge on any atom is -0.454 e. The van der Waals surface area contributed by atoms with Crippen molar-refractivity contribution in [3.05, 3.63) is 23.8 Å². The highest BCUT2D eigenvalue weighted by Gasteiger charge is 2.44. The van der Waals surface area contributed by atoms with Crippen molar-refractivity contribution in [2.45, 2.75) is 19.4 Å². The second-order valence-corrected chi connectivity index (χ2v) is 7.85. The number of likely N-dealkylation sites (tertiary alicyclic amines) is 1. The van der Waals surface area contributed by atoms with Crippen molar-refractivity contribution in [3.8, 4) is 11.5 Å². The van der Waals surface area contributed by atoms with Gasteiger partial charge in [0.25, 0.3) is 0 Å². The number of likely N-dealkylation sites (N-methyl/N-ethyl adjacent to an activating group) is 1. The number of nitrogens with zero attached hydrogens (tertiary/aromatic N) is 2. The molecule has 0 aliphatic carbocycles. The zero-order chi connectivity index (χ0) is 19.7. The summed E-state index contributed by atoms with van der Waals surface area (Å²) in [7, 11) is 1.58. The molecular formula is C20H26N2O6. The Hall–Kier alpha value is -2.32. The van der Waals surface area contributed by atoms with E-state index in [9.17, 15) is 9.59 Å². The minimum absolute atomic E-state index is 0.153. The molecule has 1 aromatic carbocycles. The molecule has 1 amide bonds. The predicted octanol–water partition coefficient (Wildman–Crippen LogP) is 1.78. The Kier molecular flexibility index (Phi) is 5.16. The molecule has 3 aliphatic rings. The molecule has 0 aromatic heterocycles. The van der Waals surface area contributed by atoms with Gasteiger partial charge < -0.3 is 23.8 Å². The molecule has 4 rings (SSSR count). The highest BCUT2D eigenvalue weighted by atomic mass is 16.7. The molecule has 0 saturated carbocycles. The Morgan fingerprint density at radius 3 is 2.79 bits per heavy atom.